The summed E-state index contributed by atoms with van der Waals surface area (Å²) in [6.07, 6.45) is 0. The lowest BCUT2D eigenvalue weighted by molar-refractivity contribution is 1.16. The van der Waals surface area contributed by atoms with Gasteiger partial charge in [-0.05, 0) is 87.8 Å². The van der Waals surface area contributed by atoms with Gasteiger partial charge in [-0.25, -0.2) is 9.97 Å². The zero-order valence-electron chi connectivity index (χ0n) is 34.0. The average Bonchev–Trinajstić information content (AvgIpc) is 3.70. The summed E-state index contributed by atoms with van der Waals surface area (Å²) < 4.78 is 2.46. The van der Waals surface area contributed by atoms with Crippen LogP contribution in [0.15, 0.2) is 228 Å². The summed E-state index contributed by atoms with van der Waals surface area (Å²) in [5.41, 5.74) is 13.1. The number of aromatic nitrogens is 3. The fraction of sp³-hybridized carbons (Fsp3) is 0. The molecule has 0 unspecified atom stereocenters. The molecular weight excluding hydrogens is 785 g/mol. The summed E-state index contributed by atoms with van der Waals surface area (Å²) in [5.74, 6) is 0.693. The van der Waals surface area contributed by atoms with E-state index in [1.807, 2.05) is 11.8 Å². The molecule has 0 spiro atoms. The van der Waals surface area contributed by atoms with Crippen LogP contribution >= 0.6 is 11.8 Å². The normalized spacial score (nSPS) is 12.3. The number of hydrogen-bond donors (Lipinski definition) is 0. The zero-order valence-corrected chi connectivity index (χ0v) is 34.8. The van der Waals surface area contributed by atoms with Crippen LogP contribution in [0.3, 0.4) is 0 Å². The quantitative estimate of drug-likeness (QED) is 0.173. The molecule has 0 bridgehead atoms. The first-order chi connectivity index (χ1) is 31.2. The van der Waals surface area contributed by atoms with E-state index in [2.05, 4.69) is 228 Å². The van der Waals surface area contributed by atoms with E-state index in [1.165, 1.54) is 53.5 Å². The van der Waals surface area contributed by atoms with Gasteiger partial charge in [0.15, 0.2) is 5.82 Å². The Hall–Kier alpha value is -7.99. The van der Waals surface area contributed by atoms with Gasteiger partial charge in [0.25, 0.3) is 0 Å². The highest BCUT2D eigenvalue weighted by Crippen LogP contribution is 2.53. The molecule has 10 aromatic carbocycles. The van der Waals surface area contributed by atoms with Crippen molar-refractivity contribution in [3.05, 3.63) is 218 Å². The summed E-state index contributed by atoms with van der Waals surface area (Å²) in [5, 5.41) is 8.29. The third kappa shape index (κ3) is 5.71. The van der Waals surface area contributed by atoms with Gasteiger partial charge in [-0.3, -0.25) is 0 Å². The Morgan fingerprint density at radius 2 is 1.06 bits per heavy atom. The van der Waals surface area contributed by atoms with Crippen LogP contribution in [0, 0.1) is 0 Å². The molecule has 63 heavy (non-hydrogen) atoms. The monoisotopic (exact) mass is 820 g/mol. The minimum Gasteiger partial charge on any atom is -0.309 e. The van der Waals surface area contributed by atoms with E-state index >= 15 is 0 Å². The van der Waals surface area contributed by atoms with Crippen molar-refractivity contribution < 1.29 is 0 Å². The topological polar surface area (TPSA) is 34.0 Å². The molecule has 0 radical (unpaired) electrons. The molecule has 12 aromatic rings. The fourth-order valence-corrected chi connectivity index (χ4v) is 10.8. The van der Waals surface area contributed by atoms with Crippen molar-refractivity contribution in [2.45, 2.75) is 9.79 Å². The third-order valence-electron chi connectivity index (χ3n) is 12.5. The first-order valence-electron chi connectivity index (χ1n) is 21.3. The summed E-state index contributed by atoms with van der Waals surface area (Å²) in [6, 6.07) is 78.6. The van der Waals surface area contributed by atoms with Gasteiger partial charge in [-0.2, -0.15) is 0 Å². The Balaban J connectivity index is 1.04. The zero-order chi connectivity index (χ0) is 41.4. The van der Waals surface area contributed by atoms with E-state index in [0.29, 0.717) is 5.82 Å². The smallest absolute Gasteiger partial charge is 0.160 e. The van der Waals surface area contributed by atoms with Crippen molar-refractivity contribution in [3.8, 4) is 39.5 Å². The molecule has 0 fully saturated rings. The Bertz CT molecular complexity index is 3790. The van der Waals surface area contributed by atoms with E-state index in [-0.39, 0.29) is 0 Å². The Morgan fingerprint density at radius 3 is 1.97 bits per heavy atom. The maximum Gasteiger partial charge on any atom is 0.160 e. The minimum absolute atomic E-state index is 0.693. The predicted octanol–water partition coefficient (Wildman–Crippen LogP) is 16.0. The maximum atomic E-state index is 5.41. The molecule has 294 valence electrons. The van der Waals surface area contributed by atoms with Gasteiger partial charge in [-0.1, -0.05) is 169 Å². The largest absolute Gasteiger partial charge is 0.309 e. The molecule has 0 amide bonds. The second-order valence-electron chi connectivity index (χ2n) is 16.1. The molecule has 0 N–H and O–H groups in total. The van der Waals surface area contributed by atoms with E-state index < -0.39 is 0 Å². The van der Waals surface area contributed by atoms with Crippen molar-refractivity contribution in [2.75, 3.05) is 4.90 Å². The van der Waals surface area contributed by atoms with E-state index in [1.54, 1.807) is 0 Å². The minimum atomic E-state index is 0.693. The van der Waals surface area contributed by atoms with Gasteiger partial charge in [0.1, 0.15) is 0 Å². The summed E-state index contributed by atoms with van der Waals surface area (Å²) in [4.78, 5) is 15.5. The highest BCUT2D eigenvalue weighted by atomic mass is 32.2. The van der Waals surface area contributed by atoms with Crippen molar-refractivity contribution in [1.82, 2.24) is 14.5 Å². The second kappa shape index (κ2) is 14.3. The van der Waals surface area contributed by atoms with Crippen LogP contribution in [0.1, 0.15) is 0 Å². The standard InChI is InChI=1S/C58H36N4S/c1-2-19-41(20-3-1)61-50-29-10-11-30-53(50)63-54-34-32-39(36-52(54)61)45-25-14-27-48-55-44-23-7-5-16-38(44)31-33-51(55)62(57(45)48)42-21-12-18-40(35-42)58-59-49-28-9-8-24-47(49)56(60-58)46-26-13-17-37-15-4-6-22-43(37)46/h1-36H. The molecule has 1 aliphatic rings. The number of nitrogens with zero attached hydrogens (tertiary/aromatic N) is 4. The van der Waals surface area contributed by atoms with Crippen molar-refractivity contribution in [1.29, 1.82) is 0 Å². The first-order valence-corrected chi connectivity index (χ1v) is 22.1. The molecule has 13 rings (SSSR count). The number of para-hydroxylation sites is 4. The van der Waals surface area contributed by atoms with E-state index in [0.717, 1.165) is 61.3 Å². The third-order valence-corrected chi connectivity index (χ3v) is 13.7. The molecule has 4 nitrogen and oxygen atoms in total. The molecule has 2 aromatic heterocycles. The molecule has 1 aliphatic heterocycles. The Kier molecular flexibility index (Phi) is 8.11. The molecule has 0 saturated carbocycles. The van der Waals surface area contributed by atoms with Gasteiger partial charge in [0.05, 0.1) is 33.6 Å². The number of anilines is 3. The SMILES string of the molecule is c1ccc(N2c3ccccc3Sc3ccc(-c4cccc5c6c7ccccc7ccc6n(-c6cccc(-c7nc(-c8cccc9ccccc89)c8ccccc8n7)c6)c45)cc32)cc1. The number of rotatable bonds is 5. The lowest BCUT2D eigenvalue weighted by atomic mass is 9.99. The lowest BCUT2D eigenvalue weighted by Crippen LogP contribution is -2.14. The van der Waals surface area contributed by atoms with Crippen LogP contribution < -0.4 is 4.90 Å². The predicted molar refractivity (Wildman–Crippen MR) is 264 cm³/mol. The van der Waals surface area contributed by atoms with Gasteiger partial charge < -0.3 is 9.47 Å². The molecule has 3 heterocycles. The van der Waals surface area contributed by atoms with Crippen LogP contribution in [0.2, 0.25) is 0 Å². The van der Waals surface area contributed by atoms with E-state index in [9.17, 15) is 0 Å². The fourth-order valence-electron chi connectivity index (χ4n) is 9.74. The Morgan fingerprint density at radius 1 is 0.397 bits per heavy atom. The summed E-state index contributed by atoms with van der Waals surface area (Å²) >= 11 is 1.83. The highest BCUT2D eigenvalue weighted by molar-refractivity contribution is 7.99. The lowest BCUT2D eigenvalue weighted by Gasteiger charge is -2.33. The van der Waals surface area contributed by atoms with Gasteiger partial charge >= 0.3 is 0 Å². The van der Waals surface area contributed by atoms with Crippen LogP contribution in [0.5, 0.6) is 0 Å². The van der Waals surface area contributed by atoms with Gasteiger partial charge in [-0.15, -0.1) is 0 Å². The first kappa shape index (κ1) is 35.7. The average molecular weight is 821 g/mol. The molecular formula is C58H36N4S. The van der Waals surface area contributed by atoms with Crippen LogP contribution in [-0.2, 0) is 0 Å². The van der Waals surface area contributed by atoms with E-state index in [4.69, 9.17) is 9.97 Å². The van der Waals surface area contributed by atoms with Gasteiger partial charge in [0, 0.05) is 54.0 Å². The van der Waals surface area contributed by atoms with Crippen LogP contribution in [0.4, 0.5) is 17.1 Å². The van der Waals surface area contributed by atoms with Gasteiger partial charge in [0.2, 0.25) is 0 Å². The van der Waals surface area contributed by atoms with Crippen molar-refractivity contribution in [3.63, 3.8) is 0 Å². The molecule has 5 heteroatoms. The maximum absolute atomic E-state index is 5.41. The number of benzene rings is 10. The van der Waals surface area contributed by atoms with Crippen LogP contribution in [0.25, 0.3) is 93.7 Å². The van der Waals surface area contributed by atoms with Crippen molar-refractivity contribution in [2.24, 2.45) is 0 Å². The second-order valence-corrected chi connectivity index (χ2v) is 17.2. The van der Waals surface area contributed by atoms with Crippen LogP contribution in [-0.4, -0.2) is 14.5 Å². The summed E-state index contributed by atoms with van der Waals surface area (Å²) in [6.45, 7) is 0. The summed E-state index contributed by atoms with van der Waals surface area (Å²) in [7, 11) is 0. The van der Waals surface area contributed by atoms with Crippen molar-refractivity contribution >= 4 is 83.1 Å². The number of hydrogen-bond acceptors (Lipinski definition) is 4. The number of fused-ring (bicyclic) bond motifs is 9. The molecule has 0 saturated heterocycles. The molecule has 0 atom stereocenters. The highest BCUT2D eigenvalue weighted by Gasteiger charge is 2.26. The Labute approximate surface area is 368 Å². The molecule has 0 aliphatic carbocycles.